The second kappa shape index (κ2) is 3.90. The van der Waals surface area contributed by atoms with Gasteiger partial charge in [0.05, 0.1) is 6.04 Å². The molecule has 0 saturated heterocycles. The molecular formula is C12H15N3O. The van der Waals surface area contributed by atoms with E-state index in [1.54, 1.807) is 0 Å². The van der Waals surface area contributed by atoms with Gasteiger partial charge in [-0.05, 0) is 24.1 Å². The van der Waals surface area contributed by atoms with Crippen LogP contribution in [0.4, 0.5) is 5.69 Å². The van der Waals surface area contributed by atoms with Crippen molar-refractivity contribution in [1.29, 1.82) is 0 Å². The number of fused-ring (bicyclic) bond motifs is 1. The molecule has 0 spiro atoms. The topological polar surface area (TPSA) is 88.1 Å². The first-order chi connectivity index (χ1) is 7.59. The van der Waals surface area contributed by atoms with Gasteiger partial charge in [0.25, 0.3) is 0 Å². The maximum Gasteiger partial charge on any atom is 0.102 e. The van der Waals surface area contributed by atoms with Crippen molar-refractivity contribution in [2.75, 3.05) is 5.73 Å². The fourth-order valence-corrected chi connectivity index (χ4v) is 1.80. The minimum absolute atomic E-state index is 0.0103. The average Bonchev–Trinajstić information content (AvgIpc) is 2.63. The van der Waals surface area contributed by atoms with Crippen LogP contribution in [0.15, 0.2) is 36.7 Å². The summed E-state index contributed by atoms with van der Waals surface area (Å²) < 4.78 is 0. The van der Waals surface area contributed by atoms with E-state index in [9.17, 15) is 5.11 Å². The Hall–Kier alpha value is -1.94. The molecule has 4 nitrogen and oxygen atoms in total. The standard InChI is InChI=1S/C12H15N3O/c1-7(16)10(14)5-8-6-15-11-4-2-3-9(13)12(8)11/h2-4,6,10,15-16H,1,5,13-14H2. The first-order valence-corrected chi connectivity index (χ1v) is 5.07. The predicted octanol–water partition coefficient (Wildman–Crippen LogP) is 1.69. The van der Waals surface area contributed by atoms with Gasteiger partial charge in [0.1, 0.15) is 5.76 Å². The molecule has 84 valence electrons. The summed E-state index contributed by atoms with van der Waals surface area (Å²) in [6.45, 7) is 3.43. The third-order valence-electron chi connectivity index (χ3n) is 2.69. The third-order valence-corrected chi connectivity index (χ3v) is 2.69. The summed E-state index contributed by atoms with van der Waals surface area (Å²) in [4.78, 5) is 3.13. The van der Waals surface area contributed by atoms with E-state index < -0.39 is 6.04 Å². The van der Waals surface area contributed by atoms with Crippen LogP contribution >= 0.6 is 0 Å². The van der Waals surface area contributed by atoms with Crippen molar-refractivity contribution in [3.05, 3.63) is 42.3 Å². The molecule has 0 saturated carbocycles. The van der Waals surface area contributed by atoms with E-state index >= 15 is 0 Å². The molecule has 1 heterocycles. The van der Waals surface area contributed by atoms with E-state index in [1.165, 1.54) is 0 Å². The number of hydrogen-bond acceptors (Lipinski definition) is 3. The van der Waals surface area contributed by atoms with Gasteiger partial charge in [0.15, 0.2) is 0 Å². The summed E-state index contributed by atoms with van der Waals surface area (Å²) in [6, 6.07) is 5.23. The van der Waals surface area contributed by atoms with Crippen LogP contribution in [0.5, 0.6) is 0 Å². The number of aliphatic hydroxyl groups excluding tert-OH is 1. The highest BCUT2D eigenvalue weighted by molar-refractivity contribution is 5.93. The normalized spacial score (nSPS) is 12.8. The predicted molar refractivity (Wildman–Crippen MR) is 66.2 cm³/mol. The van der Waals surface area contributed by atoms with E-state index in [0.717, 1.165) is 16.5 Å². The van der Waals surface area contributed by atoms with Crippen molar-refractivity contribution in [2.24, 2.45) is 5.73 Å². The molecule has 0 aliphatic heterocycles. The summed E-state index contributed by atoms with van der Waals surface area (Å²) in [5.74, 6) is -0.0103. The second-order valence-corrected chi connectivity index (χ2v) is 3.89. The largest absolute Gasteiger partial charge is 0.511 e. The van der Waals surface area contributed by atoms with Gasteiger partial charge in [-0.25, -0.2) is 0 Å². The fourth-order valence-electron chi connectivity index (χ4n) is 1.80. The Morgan fingerprint density at radius 3 is 2.94 bits per heavy atom. The van der Waals surface area contributed by atoms with Crippen molar-refractivity contribution in [3.63, 3.8) is 0 Å². The van der Waals surface area contributed by atoms with Crippen LogP contribution in [0.1, 0.15) is 5.56 Å². The third kappa shape index (κ3) is 1.75. The molecule has 0 bridgehead atoms. The number of aromatic nitrogens is 1. The molecule has 1 aromatic carbocycles. The lowest BCUT2D eigenvalue weighted by molar-refractivity contribution is 0.369. The van der Waals surface area contributed by atoms with Crippen LogP contribution < -0.4 is 11.5 Å². The molecule has 0 fully saturated rings. The quantitative estimate of drug-likeness (QED) is 0.466. The summed E-state index contributed by atoms with van der Waals surface area (Å²) in [6.07, 6.45) is 2.38. The monoisotopic (exact) mass is 217 g/mol. The number of nitrogen functional groups attached to an aromatic ring is 1. The smallest absolute Gasteiger partial charge is 0.102 e. The van der Waals surface area contributed by atoms with E-state index in [-0.39, 0.29) is 5.76 Å². The Morgan fingerprint density at radius 2 is 2.25 bits per heavy atom. The molecule has 0 aliphatic rings. The Labute approximate surface area is 93.6 Å². The van der Waals surface area contributed by atoms with E-state index in [2.05, 4.69) is 11.6 Å². The highest BCUT2D eigenvalue weighted by Gasteiger charge is 2.12. The molecule has 2 rings (SSSR count). The molecular weight excluding hydrogens is 202 g/mol. The van der Waals surface area contributed by atoms with E-state index in [4.69, 9.17) is 11.5 Å². The Kier molecular flexibility index (Phi) is 2.58. The molecule has 1 unspecified atom stereocenters. The Morgan fingerprint density at radius 1 is 1.50 bits per heavy atom. The highest BCUT2D eigenvalue weighted by Crippen LogP contribution is 2.25. The van der Waals surface area contributed by atoms with E-state index in [0.29, 0.717) is 12.1 Å². The minimum atomic E-state index is -0.460. The SMILES string of the molecule is C=C(O)C(N)Cc1c[nH]c2cccc(N)c12. The van der Waals surface area contributed by atoms with Gasteiger partial charge in [-0.15, -0.1) is 0 Å². The van der Waals surface area contributed by atoms with Gasteiger partial charge in [-0.1, -0.05) is 12.6 Å². The van der Waals surface area contributed by atoms with Crippen LogP contribution in [0, 0.1) is 0 Å². The summed E-state index contributed by atoms with van der Waals surface area (Å²) in [5, 5.41) is 10.2. The van der Waals surface area contributed by atoms with Crippen LogP contribution in [-0.2, 0) is 6.42 Å². The van der Waals surface area contributed by atoms with Crippen LogP contribution in [0.25, 0.3) is 10.9 Å². The summed E-state index contributed by atoms with van der Waals surface area (Å²) in [5.41, 5.74) is 14.3. The summed E-state index contributed by atoms with van der Waals surface area (Å²) in [7, 11) is 0. The first-order valence-electron chi connectivity index (χ1n) is 5.07. The van der Waals surface area contributed by atoms with E-state index in [1.807, 2.05) is 24.4 Å². The van der Waals surface area contributed by atoms with Gasteiger partial charge >= 0.3 is 0 Å². The molecule has 1 atom stereocenters. The number of benzene rings is 1. The zero-order chi connectivity index (χ0) is 11.7. The molecule has 2 aromatic rings. The number of H-pyrrole nitrogens is 1. The number of anilines is 1. The molecule has 16 heavy (non-hydrogen) atoms. The minimum Gasteiger partial charge on any atom is -0.511 e. The molecule has 0 radical (unpaired) electrons. The van der Waals surface area contributed by atoms with Gasteiger partial charge in [-0.2, -0.15) is 0 Å². The van der Waals surface area contributed by atoms with Crippen molar-refractivity contribution < 1.29 is 5.11 Å². The van der Waals surface area contributed by atoms with Crippen molar-refractivity contribution in [1.82, 2.24) is 4.98 Å². The number of aromatic amines is 1. The molecule has 6 N–H and O–H groups in total. The lowest BCUT2D eigenvalue weighted by Crippen LogP contribution is -2.24. The van der Waals surface area contributed by atoms with Gasteiger partial charge in [-0.3, -0.25) is 0 Å². The molecule has 0 aliphatic carbocycles. The molecule has 1 aromatic heterocycles. The number of nitrogens with one attached hydrogen (secondary N) is 1. The number of nitrogens with two attached hydrogens (primary N) is 2. The Balaban J connectivity index is 2.42. The zero-order valence-corrected chi connectivity index (χ0v) is 8.90. The zero-order valence-electron chi connectivity index (χ0n) is 8.90. The highest BCUT2D eigenvalue weighted by atomic mass is 16.3. The average molecular weight is 217 g/mol. The van der Waals surface area contributed by atoms with Gasteiger partial charge in [0.2, 0.25) is 0 Å². The second-order valence-electron chi connectivity index (χ2n) is 3.89. The van der Waals surface area contributed by atoms with Crippen molar-refractivity contribution in [2.45, 2.75) is 12.5 Å². The van der Waals surface area contributed by atoms with Crippen molar-refractivity contribution in [3.8, 4) is 0 Å². The number of rotatable bonds is 3. The van der Waals surface area contributed by atoms with Crippen LogP contribution in [0.2, 0.25) is 0 Å². The fraction of sp³-hybridized carbons (Fsp3) is 0.167. The van der Waals surface area contributed by atoms with Gasteiger partial charge < -0.3 is 21.6 Å². The van der Waals surface area contributed by atoms with Crippen LogP contribution in [0.3, 0.4) is 0 Å². The molecule has 0 amide bonds. The van der Waals surface area contributed by atoms with Gasteiger partial charge in [0, 0.05) is 22.8 Å². The Bertz CT molecular complexity index is 530. The lowest BCUT2D eigenvalue weighted by Gasteiger charge is -2.09. The van der Waals surface area contributed by atoms with Crippen LogP contribution in [-0.4, -0.2) is 16.1 Å². The maximum absolute atomic E-state index is 9.20. The molecule has 4 heteroatoms. The lowest BCUT2D eigenvalue weighted by atomic mass is 10.0. The maximum atomic E-state index is 9.20. The van der Waals surface area contributed by atoms with Crippen molar-refractivity contribution >= 4 is 16.6 Å². The number of hydrogen-bond donors (Lipinski definition) is 4. The number of aliphatic hydroxyl groups is 1. The summed E-state index contributed by atoms with van der Waals surface area (Å²) >= 11 is 0. The first kappa shape index (κ1) is 10.6.